The normalized spacial score (nSPS) is 24.5. The summed E-state index contributed by atoms with van der Waals surface area (Å²) in [7, 11) is 0. The highest BCUT2D eigenvalue weighted by Gasteiger charge is 2.68. The molecular weight excluding hydrogens is 486 g/mol. The molecular formula is C29H27N3O6. The number of non-ortho nitro benzene ring substituents is 1. The molecule has 4 atom stereocenters. The molecule has 0 spiro atoms. The number of imide groups is 1. The van der Waals surface area contributed by atoms with Gasteiger partial charge in [-0.25, -0.2) is 0 Å². The van der Waals surface area contributed by atoms with Crippen LogP contribution in [0, 0.1) is 35.8 Å². The molecule has 2 aliphatic rings. The zero-order valence-corrected chi connectivity index (χ0v) is 21.0. The topological polar surface area (TPSA) is 130 Å². The summed E-state index contributed by atoms with van der Waals surface area (Å²) < 4.78 is 0. The number of carboxylic acid groups (broad SMARTS) is 1. The van der Waals surface area contributed by atoms with Crippen molar-refractivity contribution in [2.75, 3.05) is 0 Å². The van der Waals surface area contributed by atoms with Gasteiger partial charge in [-0.3, -0.25) is 34.7 Å². The van der Waals surface area contributed by atoms with Gasteiger partial charge in [-0.05, 0) is 36.1 Å². The molecule has 194 valence electrons. The predicted octanol–water partition coefficient (Wildman–Crippen LogP) is 3.72. The van der Waals surface area contributed by atoms with Crippen LogP contribution in [0.15, 0.2) is 72.8 Å². The number of nitro benzene ring substituents is 1. The number of rotatable bonds is 7. The van der Waals surface area contributed by atoms with Crippen LogP contribution in [-0.4, -0.2) is 38.3 Å². The minimum Gasteiger partial charge on any atom is -0.480 e. The highest BCUT2D eigenvalue weighted by Crippen LogP contribution is 2.51. The fraction of sp³-hybridized carbons (Fsp3) is 0.276. The van der Waals surface area contributed by atoms with E-state index in [1.54, 1.807) is 0 Å². The zero-order valence-electron chi connectivity index (χ0n) is 21.0. The molecule has 9 heteroatoms. The van der Waals surface area contributed by atoms with Gasteiger partial charge in [0.15, 0.2) is 0 Å². The van der Waals surface area contributed by atoms with E-state index in [-0.39, 0.29) is 18.7 Å². The number of carbonyl (C=O) groups is 3. The van der Waals surface area contributed by atoms with Crippen molar-refractivity contribution in [3.8, 4) is 0 Å². The second-order valence-corrected chi connectivity index (χ2v) is 10.1. The largest absolute Gasteiger partial charge is 0.480 e. The average molecular weight is 514 g/mol. The lowest BCUT2D eigenvalue weighted by atomic mass is 9.76. The molecule has 3 aromatic carbocycles. The third-order valence-corrected chi connectivity index (χ3v) is 7.71. The highest BCUT2D eigenvalue weighted by molar-refractivity contribution is 6.09. The standard InChI is InChI=1S/C29H27N3O6/c1-17-8-9-18(2)22(14-17)25-23-24(27(34)31(26(23)33)16-20-6-4-3-5-7-20)29(30-25,28(35)36)15-19-10-12-21(13-11-19)32(37)38/h3-14,23-25,30H,15-16H2,1-2H3,(H,35,36). The molecule has 2 amide bonds. The SMILES string of the molecule is Cc1ccc(C)c(C2NC(Cc3ccc([N+](=O)[O-])cc3)(C(=O)O)C3C(=O)N(Cc4ccccc4)C(=O)C23)c1. The Morgan fingerprint density at radius 2 is 1.68 bits per heavy atom. The van der Waals surface area contributed by atoms with Gasteiger partial charge in [0, 0.05) is 24.6 Å². The van der Waals surface area contributed by atoms with Crippen molar-refractivity contribution in [2.24, 2.45) is 11.8 Å². The van der Waals surface area contributed by atoms with Crippen LogP contribution in [0.5, 0.6) is 0 Å². The van der Waals surface area contributed by atoms with E-state index in [0.717, 1.165) is 22.3 Å². The van der Waals surface area contributed by atoms with E-state index in [0.29, 0.717) is 5.56 Å². The zero-order chi connectivity index (χ0) is 27.2. The number of carboxylic acids is 1. The molecule has 9 nitrogen and oxygen atoms in total. The van der Waals surface area contributed by atoms with E-state index in [1.165, 1.54) is 29.2 Å². The van der Waals surface area contributed by atoms with E-state index >= 15 is 0 Å². The fourth-order valence-corrected chi connectivity index (χ4v) is 5.84. The molecule has 4 unspecified atom stereocenters. The lowest BCUT2D eigenvalue weighted by Gasteiger charge is -2.31. The van der Waals surface area contributed by atoms with Gasteiger partial charge < -0.3 is 5.11 Å². The summed E-state index contributed by atoms with van der Waals surface area (Å²) in [6.07, 6.45) is -0.124. The van der Waals surface area contributed by atoms with E-state index in [1.807, 2.05) is 62.4 Å². The number of aryl methyl sites for hydroxylation is 2. The summed E-state index contributed by atoms with van der Waals surface area (Å²) in [5.74, 6) is -4.26. The van der Waals surface area contributed by atoms with Gasteiger partial charge in [0.25, 0.3) is 5.69 Å². The Labute approximate surface area is 219 Å². The lowest BCUT2D eigenvalue weighted by Crippen LogP contribution is -2.57. The Hall–Kier alpha value is -4.37. The van der Waals surface area contributed by atoms with Gasteiger partial charge in [0.1, 0.15) is 5.54 Å². The van der Waals surface area contributed by atoms with E-state index in [2.05, 4.69) is 5.32 Å². The van der Waals surface area contributed by atoms with Crippen molar-refractivity contribution < 1.29 is 24.4 Å². The molecule has 0 bridgehead atoms. The Balaban J connectivity index is 1.61. The second kappa shape index (κ2) is 9.50. The van der Waals surface area contributed by atoms with Crippen molar-refractivity contribution in [1.82, 2.24) is 10.2 Å². The molecule has 0 saturated carbocycles. The van der Waals surface area contributed by atoms with Crippen LogP contribution in [0.4, 0.5) is 5.69 Å². The minimum absolute atomic E-state index is 0.0538. The molecule has 2 fully saturated rings. The molecule has 3 aromatic rings. The summed E-state index contributed by atoms with van der Waals surface area (Å²) >= 11 is 0. The molecule has 0 aromatic heterocycles. The third kappa shape index (κ3) is 4.14. The monoisotopic (exact) mass is 513 g/mol. The van der Waals surface area contributed by atoms with Crippen LogP contribution < -0.4 is 5.32 Å². The quantitative estimate of drug-likeness (QED) is 0.280. The fourth-order valence-electron chi connectivity index (χ4n) is 5.84. The molecule has 2 heterocycles. The van der Waals surface area contributed by atoms with Gasteiger partial charge in [-0.1, -0.05) is 66.2 Å². The number of fused-ring (bicyclic) bond motifs is 1. The van der Waals surface area contributed by atoms with Crippen molar-refractivity contribution >= 4 is 23.5 Å². The van der Waals surface area contributed by atoms with E-state index in [4.69, 9.17) is 0 Å². The first-order chi connectivity index (χ1) is 18.1. The molecule has 38 heavy (non-hydrogen) atoms. The van der Waals surface area contributed by atoms with Gasteiger partial charge in [-0.2, -0.15) is 0 Å². The summed E-state index contributed by atoms with van der Waals surface area (Å²) in [5, 5.41) is 25.0. The Morgan fingerprint density at radius 1 is 1.00 bits per heavy atom. The minimum atomic E-state index is -1.79. The smallest absolute Gasteiger partial charge is 0.325 e. The van der Waals surface area contributed by atoms with Crippen molar-refractivity contribution in [1.29, 1.82) is 0 Å². The number of aliphatic carboxylic acids is 1. The molecule has 5 rings (SSSR count). The Kier molecular flexibility index (Phi) is 6.32. The van der Waals surface area contributed by atoms with Crippen LogP contribution in [0.1, 0.15) is 33.9 Å². The first kappa shape index (κ1) is 25.3. The number of nitrogens with one attached hydrogen (secondary N) is 1. The maximum atomic E-state index is 13.9. The summed E-state index contributed by atoms with van der Waals surface area (Å²) in [6, 6.07) is 19.8. The molecule has 2 aliphatic heterocycles. The maximum Gasteiger partial charge on any atom is 0.325 e. The van der Waals surface area contributed by atoms with Crippen LogP contribution in [-0.2, 0) is 27.3 Å². The van der Waals surface area contributed by atoms with Gasteiger partial charge in [-0.15, -0.1) is 0 Å². The average Bonchev–Trinajstić information content (AvgIpc) is 3.36. The third-order valence-electron chi connectivity index (χ3n) is 7.71. The number of amides is 2. The first-order valence-electron chi connectivity index (χ1n) is 12.3. The van der Waals surface area contributed by atoms with Gasteiger partial charge in [0.05, 0.1) is 23.3 Å². The lowest BCUT2D eigenvalue weighted by molar-refractivity contribution is -0.384. The molecule has 2 saturated heterocycles. The number of likely N-dealkylation sites (tertiary alicyclic amines) is 1. The first-order valence-corrected chi connectivity index (χ1v) is 12.3. The van der Waals surface area contributed by atoms with Crippen LogP contribution in [0.3, 0.4) is 0 Å². The Bertz CT molecular complexity index is 1440. The number of benzene rings is 3. The van der Waals surface area contributed by atoms with Crippen molar-refractivity contribution in [3.63, 3.8) is 0 Å². The maximum absolute atomic E-state index is 13.9. The predicted molar refractivity (Wildman–Crippen MR) is 138 cm³/mol. The number of nitro groups is 1. The molecule has 0 aliphatic carbocycles. The Morgan fingerprint density at radius 3 is 2.32 bits per heavy atom. The van der Waals surface area contributed by atoms with Crippen LogP contribution in [0.2, 0.25) is 0 Å². The van der Waals surface area contributed by atoms with E-state index < -0.39 is 46.1 Å². The van der Waals surface area contributed by atoms with E-state index in [9.17, 15) is 29.6 Å². The van der Waals surface area contributed by atoms with Crippen molar-refractivity contribution in [2.45, 2.75) is 38.4 Å². The van der Waals surface area contributed by atoms with Crippen molar-refractivity contribution in [3.05, 3.63) is 111 Å². The number of nitrogens with zero attached hydrogens (tertiary/aromatic N) is 2. The summed E-state index contributed by atoms with van der Waals surface area (Å²) in [5.41, 5.74) is 1.96. The van der Waals surface area contributed by atoms with Crippen LogP contribution >= 0.6 is 0 Å². The number of carbonyl (C=O) groups excluding carboxylic acids is 2. The molecule has 0 radical (unpaired) electrons. The molecule has 2 N–H and O–H groups in total. The van der Waals surface area contributed by atoms with Crippen LogP contribution in [0.25, 0.3) is 0 Å². The van der Waals surface area contributed by atoms with Gasteiger partial charge in [0.2, 0.25) is 11.8 Å². The summed E-state index contributed by atoms with van der Waals surface area (Å²) in [6.45, 7) is 3.86. The highest BCUT2D eigenvalue weighted by atomic mass is 16.6. The number of hydrogen-bond acceptors (Lipinski definition) is 6. The second-order valence-electron chi connectivity index (χ2n) is 10.1. The van der Waals surface area contributed by atoms with Gasteiger partial charge >= 0.3 is 5.97 Å². The summed E-state index contributed by atoms with van der Waals surface area (Å²) in [4.78, 5) is 52.6. The number of hydrogen-bond donors (Lipinski definition) is 2.